The highest BCUT2D eigenvalue weighted by Gasteiger charge is 2.42. The number of rotatable bonds is 4. The van der Waals surface area contributed by atoms with Crippen molar-refractivity contribution >= 4 is 23.0 Å². The first-order valence-electron chi connectivity index (χ1n) is 10.8. The summed E-state index contributed by atoms with van der Waals surface area (Å²) < 4.78 is 2.26. The Bertz CT molecular complexity index is 1240. The van der Waals surface area contributed by atoms with Crippen molar-refractivity contribution in [1.29, 1.82) is 0 Å². The van der Waals surface area contributed by atoms with E-state index in [1.807, 2.05) is 18.3 Å². The molecule has 1 aliphatic heterocycles. The van der Waals surface area contributed by atoms with Crippen LogP contribution in [0.5, 0.6) is 0 Å². The number of pyridine rings is 1. The zero-order chi connectivity index (χ0) is 22.2. The molecule has 0 aliphatic carbocycles. The lowest BCUT2D eigenvalue weighted by atomic mass is 10.00. The van der Waals surface area contributed by atoms with Crippen LogP contribution in [0.25, 0.3) is 5.69 Å². The van der Waals surface area contributed by atoms with E-state index in [4.69, 9.17) is 12.2 Å². The summed E-state index contributed by atoms with van der Waals surface area (Å²) in [6.45, 7) is 6.37. The zero-order valence-corrected chi connectivity index (χ0v) is 19.3. The first-order chi connectivity index (χ1) is 15.5. The van der Waals surface area contributed by atoms with Crippen LogP contribution in [-0.4, -0.2) is 14.7 Å². The molecule has 0 bridgehead atoms. The molecule has 4 aromatic rings. The SMILES string of the molecule is Cc1ccc(-n2cccc2[C@H]2[C@@H](c3ccccn3)NC(=S)N2c2cc(C)cc(C)c2)cc1. The van der Waals surface area contributed by atoms with Gasteiger partial charge in [-0.25, -0.2) is 0 Å². The van der Waals surface area contributed by atoms with E-state index < -0.39 is 0 Å². The molecule has 5 heteroatoms. The standard InChI is InChI=1S/C27H26N4S/c1-18-9-11-21(12-10-18)30-14-6-8-24(30)26-25(23-7-4-5-13-28-23)29-27(32)31(26)22-16-19(2)15-20(3)17-22/h4-17,25-26H,1-3H3,(H,29,32)/t25-,26+/m1/s1. The van der Waals surface area contributed by atoms with Gasteiger partial charge in [-0.15, -0.1) is 0 Å². The molecule has 0 saturated carbocycles. The molecule has 2 aromatic heterocycles. The van der Waals surface area contributed by atoms with Crippen molar-refractivity contribution in [1.82, 2.24) is 14.9 Å². The molecule has 0 amide bonds. The van der Waals surface area contributed by atoms with Gasteiger partial charge < -0.3 is 14.8 Å². The topological polar surface area (TPSA) is 33.1 Å². The smallest absolute Gasteiger partial charge is 0.174 e. The highest BCUT2D eigenvalue weighted by atomic mass is 32.1. The van der Waals surface area contributed by atoms with Gasteiger partial charge >= 0.3 is 0 Å². The van der Waals surface area contributed by atoms with Crippen LogP contribution in [0.1, 0.15) is 40.2 Å². The average Bonchev–Trinajstić information content (AvgIpc) is 3.38. The van der Waals surface area contributed by atoms with E-state index in [2.05, 4.69) is 107 Å². The van der Waals surface area contributed by atoms with Gasteiger partial charge in [0, 0.05) is 29.5 Å². The fraction of sp³-hybridized carbons (Fsp3) is 0.185. The summed E-state index contributed by atoms with van der Waals surface area (Å²) in [5, 5.41) is 4.28. The van der Waals surface area contributed by atoms with Crippen LogP contribution in [0.4, 0.5) is 5.69 Å². The second kappa shape index (κ2) is 8.24. The number of aryl methyl sites for hydroxylation is 3. The van der Waals surface area contributed by atoms with E-state index >= 15 is 0 Å². The van der Waals surface area contributed by atoms with Crippen molar-refractivity contribution in [2.45, 2.75) is 32.9 Å². The van der Waals surface area contributed by atoms with Crippen molar-refractivity contribution in [3.05, 3.63) is 113 Å². The lowest BCUT2D eigenvalue weighted by molar-refractivity contribution is 0.549. The van der Waals surface area contributed by atoms with Crippen molar-refractivity contribution in [2.75, 3.05) is 4.90 Å². The van der Waals surface area contributed by atoms with Gasteiger partial charge in [-0.3, -0.25) is 4.98 Å². The quantitative estimate of drug-likeness (QED) is 0.398. The van der Waals surface area contributed by atoms with Gasteiger partial charge in [0.15, 0.2) is 5.11 Å². The van der Waals surface area contributed by atoms with Crippen LogP contribution in [0.3, 0.4) is 0 Å². The molecule has 1 saturated heterocycles. The summed E-state index contributed by atoms with van der Waals surface area (Å²) in [6.07, 6.45) is 3.96. The van der Waals surface area contributed by atoms with E-state index in [1.54, 1.807) is 0 Å². The summed E-state index contributed by atoms with van der Waals surface area (Å²) in [6, 6.07) is 25.4. The fourth-order valence-corrected chi connectivity index (χ4v) is 4.94. The molecular formula is C27H26N4S. The third-order valence-electron chi connectivity index (χ3n) is 5.98. The van der Waals surface area contributed by atoms with Crippen molar-refractivity contribution in [3.63, 3.8) is 0 Å². The lowest BCUT2D eigenvalue weighted by Crippen LogP contribution is -2.30. The van der Waals surface area contributed by atoms with E-state index in [-0.39, 0.29) is 12.1 Å². The average molecular weight is 439 g/mol. The van der Waals surface area contributed by atoms with Crippen LogP contribution >= 0.6 is 12.2 Å². The highest BCUT2D eigenvalue weighted by Crippen LogP contribution is 2.42. The first kappa shape index (κ1) is 20.5. The molecule has 1 fully saturated rings. The fourth-order valence-electron chi connectivity index (χ4n) is 4.60. The molecule has 160 valence electrons. The summed E-state index contributed by atoms with van der Waals surface area (Å²) in [5.41, 5.74) is 8.05. The predicted molar refractivity (Wildman–Crippen MR) is 134 cm³/mol. The monoisotopic (exact) mass is 438 g/mol. The maximum Gasteiger partial charge on any atom is 0.174 e. The zero-order valence-electron chi connectivity index (χ0n) is 18.5. The Labute approximate surface area is 194 Å². The third kappa shape index (κ3) is 3.69. The van der Waals surface area contributed by atoms with Crippen LogP contribution in [0.15, 0.2) is 85.2 Å². The second-order valence-electron chi connectivity index (χ2n) is 8.48. The molecule has 2 atom stereocenters. The lowest BCUT2D eigenvalue weighted by Gasteiger charge is -2.29. The van der Waals surface area contributed by atoms with Crippen LogP contribution < -0.4 is 10.2 Å². The Morgan fingerprint density at radius 1 is 0.812 bits per heavy atom. The third-order valence-corrected chi connectivity index (χ3v) is 6.29. The molecule has 4 nitrogen and oxygen atoms in total. The van der Waals surface area contributed by atoms with E-state index in [0.717, 1.165) is 22.8 Å². The van der Waals surface area contributed by atoms with E-state index in [9.17, 15) is 0 Å². The molecule has 2 aromatic carbocycles. The molecule has 0 radical (unpaired) electrons. The molecule has 32 heavy (non-hydrogen) atoms. The number of nitrogens with zero attached hydrogens (tertiary/aromatic N) is 3. The van der Waals surface area contributed by atoms with Gasteiger partial charge in [0.1, 0.15) is 6.04 Å². The largest absolute Gasteiger partial charge is 0.351 e. The minimum Gasteiger partial charge on any atom is -0.351 e. The van der Waals surface area contributed by atoms with Gasteiger partial charge in [0.2, 0.25) is 0 Å². The molecule has 5 rings (SSSR count). The maximum absolute atomic E-state index is 5.89. The maximum atomic E-state index is 5.89. The Hall–Kier alpha value is -3.44. The van der Waals surface area contributed by atoms with Crippen molar-refractivity contribution in [2.24, 2.45) is 0 Å². The van der Waals surface area contributed by atoms with Gasteiger partial charge in [0.05, 0.1) is 11.7 Å². The summed E-state index contributed by atoms with van der Waals surface area (Å²) in [4.78, 5) is 6.92. The Morgan fingerprint density at radius 2 is 1.56 bits per heavy atom. The van der Waals surface area contributed by atoms with Crippen LogP contribution in [-0.2, 0) is 0 Å². The van der Waals surface area contributed by atoms with E-state index in [1.165, 1.54) is 16.7 Å². The van der Waals surface area contributed by atoms with Crippen molar-refractivity contribution in [3.8, 4) is 5.69 Å². The number of benzene rings is 2. The number of thiocarbonyl (C=S) groups is 1. The van der Waals surface area contributed by atoms with E-state index in [0.29, 0.717) is 5.11 Å². The number of nitrogens with one attached hydrogen (secondary N) is 1. The number of anilines is 1. The van der Waals surface area contributed by atoms with Gasteiger partial charge in [-0.1, -0.05) is 29.8 Å². The predicted octanol–water partition coefficient (Wildman–Crippen LogP) is 5.97. The minimum atomic E-state index is -0.0661. The molecule has 1 N–H and O–H groups in total. The first-order valence-corrected chi connectivity index (χ1v) is 11.3. The Balaban J connectivity index is 1.68. The molecule has 0 unspecified atom stereocenters. The van der Waals surface area contributed by atoms with Gasteiger partial charge in [-0.05, 0) is 92.6 Å². The van der Waals surface area contributed by atoms with Gasteiger partial charge in [-0.2, -0.15) is 0 Å². The minimum absolute atomic E-state index is 0.0464. The number of aromatic nitrogens is 2. The normalized spacial score (nSPS) is 18.1. The summed E-state index contributed by atoms with van der Waals surface area (Å²) in [5.74, 6) is 0. The van der Waals surface area contributed by atoms with Crippen LogP contribution in [0.2, 0.25) is 0 Å². The molecule has 1 aliphatic rings. The second-order valence-corrected chi connectivity index (χ2v) is 8.87. The molecule has 3 heterocycles. The summed E-state index contributed by atoms with van der Waals surface area (Å²) >= 11 is 5.89. The van der Waals surface area contributed by atoms with Crippen LogP contribution in [0, 0.1) is 20.8 Å². The Morgan fingerprint density at radius 3 is 2.25 bits per heavy atom. The molecule has 0 spiro atoms. The van der Waals surface area contributed by atoms with Gasteiger partial charge in [0.25, 0.3) is 0 Å². The van der Waals surface area contributed by atoms with Crippen molar-refractivity contribution < 1.29 is 0 Å². The molecular weight excluding hydrogens is 412 g/mol. The Kier molecular flexibility index (Phi) is 5.27. The number of hydrogen-bond donors (Lipinski definition) is 1. The number of hydrogen-bond acceptors (Lipinski definition) is 2. The highest BCUT2D eigenvalue weighted by molar-refractivity contribution is 7.80. The summed E-state index contributed by atoms with van der Waals surface area (Å²) in [7, 11) is 0.